The monoisotopic (exact) mass is 276 g/mol. The Morgan fingerprint density at radius 2 is 1.57 bits per heavy atom. The van der Waals surface area contributed by atoms with E-state index in [1.165, 1.54) is 24.1 Å². The maximum absolute atomic E-state index is 4.81. The quantitative estimate of drug-likeness (QED) is 0.649. The van der Waals surface area contributed by atoms with Crippen molar-refractivity contribution in [2.24, 2.45) is 0 Å². The predicted molar refractivity (Wildman–Crippen MR) is 87.6 cm³/mol. The second-order valence-corrected chi connectivity index (χ2v) is 5.24. The zero-order valence-electron chi connectivity index (χ0n) is 12.4. The van der Waals surface area contributed by atoms with E-state index in [1.807, 2.05) is 12.1 Å². The number of para-hydroxylation sites is 1. The van der Waals surface area contributed by atoms with E-state index in [0.29, 0.717) is 0 Å². The second kappa shape index (κ2) is 6.40. The van der Waals surface area contributed by atoms with Crippen LogP contribution in [0.4, 0.5) is 0 Å². The van der Waals surface area contributed by atoms with Gasteiger partial charge in [0.1, 0.15) is 0 Å². The van der Waals surface area contributed by atoms with Crippen molar-refractivity contribution in [2.75, 3.05) is 0 Å². The lowest BCUT2D eigenvalue weighted by molar-refractivity contribution is 0.753. The summed E-state index contributed by atoms with van der Waals surface area (Å²) in [6.07, 6.45) is 3.41. The van der Waals surface area contributed by atoms with Crippen molar-refractivity contribution in [3.63, 3.8) is 0 Å². The van der Waals surface area contributed by atoms with E-state index in [9.17, 15) is 0 Å². The van der Waals surface area contributed by atoms with E-state index >= 15 is 0 Å². The topological polar surface area (TPSA) is 17.8 Å². The van der Waals surface area contributed by atoms with Crippen LogP contribution in [0.5, 0.6) is 0 Å². The zero-order chi connectivity index (χ0) is 14.5. The van der Waals surface area contributed by atoms with Crippen molar-refractivity contribution in [2.45, 2.75) is 26.2 Å². The number of hydrogen-bond donors (Lipinski definition) is 0. The maximum Gasteiger partial charge on any atom is 0.0743 e. The summed E-state index contributed by atoms with van der Waals surface area (Å²) in [5, 5.41) is 4.81. The molecule has 0 spiro atoms. The van der Waals surface area contributed by atoms with Crippen molar-refractivity contribution in [1.29, 1.82) is 0 Å². The fraction of sp³-hybridized carbons (Fsp3) is 0.211. The molecule has 0 aliphatic carbocycles. The number of aryl methyl sites for hydroxylation is 1. The average molecular weight is 276 g/mol. The van der Waals surface area contributed by atoms with Crippen LogP contribution in [0.15, 0.2) is 66.7 Å². The molecule has 106 valence electrons. The highest BCUT2D eigenvalue weighted by Gasteiger charge is 2.10. The van der Waals surface area contributed by atoms with Crippen molar-refractivity contribution >= 4 is 0 Å². The number of rotatable bonds is 5. The average Bonchev–Trinajstić information content (AvgIpc) is 2.99. The minimum atomic E-state index is 1.04. The summed E-state index contributed by atoms with van der Waals surface area (Å²) in [4.78, 5) is 0. The van der Waals surface area contributed by atoms with Gasteiger partial charge in [-0.3, -0.25) is 0 Å². The highest BCUT2D eigenvalue weighted by atomic mass is 15.3. The van der Waals surface area contributed by atoms with E-state index in [2.05, 4.69) is 66.2 Å². The standard InChI is InChI=1S/C19H20N2/c1-2-3-12-17-15-19(16-10-6-4-7-11-16)21(20-17)18-13-8-5-9-14-18/h4-11,13-15H,2-3,12H2,1H3. The molecule has 1 aromatic heterocycles. The summed E-state index contributed by atoms with van der Waals surface area (Å²) in [5.74, 6) is 0. The van der Waals surface area contributed by atoms with Gasteiger partial charge >= 0.3 is 0 Å². The third-order valence-electron chi connectivity index (χ3n) is 3.62. The smallest absolute Gasteiger partial charge is 0.0743 e. The highest BCUT2D eigenvalue weighted by molar-refractivity contribution is 5.62. The van der Waals surface area contributed by atoms with Gasteiger partial charge in [-0.05, 0) is 31.0 Å². The Labute approximate surface area is 126 Å². The number of nitrogens with zero attached hydrogens (tertiary/aromatic N) is 2. The van der Waals surface area contributed by atoms with Crippen molar-refractivity contribution < 1.29 is 0 Å². The molecule has 0 aliphatic heterocycles. The summed E-state index contributed by atoms with van der Waals surface area (Å²) in [7, 11) is 0. The van der Waals surface area contributed by atoms with Crippen LogP contribution in [0, 0.1) is 0 Å². The lowest BCUT2D eigenvalue weighted by Gasteiger charge is -2.07. The number of unbranched alkanes of at least 4 members (excludes halogenated alkanes) is 1. The van der Waals surface area contributed by atoms with Crippen molar-refractivity contribution in [3.05, 3.63) is 72.4 Å². The Bertz CT molecular complexity index is 627. The van der Waals surface area contributed by atoms with Gasteiger partial charge in [0.2, 0.25) is 0 Å². The van der Waals surface area contributed by atoms with E-state index in [1.54, 1.807) is 0 Å². The third kappa shape index (κ3) is 3.05. The summed E-state index contributed by atoms with van der Waals surface area (Å²) >= 11 is 0. The molecule has 2 nitrogen and oxygen atoms in total. The van der Waals surface area contributed by atoms with Crippen LogP contribution in [0.2, 0.25) is 0 Å². The van der Waals surface area contributed by atoms with Gasteiger partial charge in [0, 0.05) is 5.56 Å². The molecule has 0 unspecified atom stereocenters. The molecule has 0 fully saturated rings. The molecule has 0 aliphatic rings. The van der Waals surface area contributed by atoms with Crippen LogP contribution in [0.25, 0.3) is 16.9 Å². The molecular formula is C19H20N2. The fourth-order valence-corrected chi connectivity index (χ4v) is 2.49. The number of benzene rings is 2. The Kier molecular flexibility index (Phi) is 4.15. The largest absolute Gasteiger partial charge is 0.233 e. The van der Waals surface area contributed by atoms with Gasteiger partial charge in [-0.1, -0.05) is 61.9 Å². The van der Waals surface area contributed by atoms with Gasteiger partial charge in [0.15, 0.2) is 0 Å². The number of hydrogen-bond acceptors (Lipinski definition) is 1. The van der Waals surface area contributed by atoms with E-state index in [4.69, 9.17) is 5.10 Å². The molecule has 1 heterocycles. The molecule has 0 N–H and O–H groups in total. The van der Waals surface area contributed by atoms with Crippen molar-refractivity contribution in [1.82, 2.24) is 9.78 Å². The SMILES string of the molecule is CCCCc1cc(-c2ccccc2)n(-c2ccccc2)n1. The Morgan fingerprint density at radius 1 is 0.905 bits per heavy atom. The molecule has 0 atom stereocenters. The first-order chi connectivity index (χ1) is 10.4. The Balaban J connectivity index is 2.06. The molecule has 0 saturated carbocycles. The molecule has 0 bridgehead atoms. The summed E-state index contributed by atoms with van der Waals surface area (Å²) in [5.41, 5.74) is 4.64. The lowest BCUT2D eigenvalue weighted by atomic mass is 10.1. The van der Waals surface area contributed by atoms with Crippen LogP contribution in [0.1, 0.15) is 25.5 Å². The fourth-order valence-electron chi connectivity index (χ4n) is 2.49. The Morgan fingerprint density at radius 3 is 2.24 bits per heavy atom. The number of aromatic nitrogens is 2. The van der Waals surface area contributed by atoms with Gasteiger partial charge in [0.05, 0.1) is 17.1 Å². The molecule has 0 radical (unpaired) electrons. The molecule has 3 rings (SSSR count). The maximum atomic E-state index is 4.81. The van der Waals surface area contributed by atoms with Gasteiger partial charge in [0.25, 0.3) is 0 Å². The van der Waals surface area contributed by atoms with E-state index in [0.717, 1.165) is 17.8 Å². The van der Waals surface area contributed by atoms with Crippen LogP contribution in [-0.2, 0) is 6.42 Å². The van der Waals surface area contributed by atoms with Crippen molar-refractivity contribution in [3.8, 4) is 16.9 Å². The van der Waals surface area contributed by atoms with Gasteiger partial charge in [-0.15, -0.1) is 0 Å². The molecular weight excluding hydrogens is 256 g/mol. The van der Waals surface area contributed by atoms with E-state index < -0.39 is 0 Å². The van der Waals surface area contributed by atoms with Crippen LogP contribution in [-0.4, -0.2) is 9.78 Å². The van der Waals surface area contributed by atoms with Gasteiger partial charge < -0.3 is 0 Å². The lowest BCUT2D eigenvalue weighted by Crippen LogP contribution is -1.99. The van der Waals surface area contributed by atoms with E-state index in [-0.39, 0.29) is 0 Å². The predicted octanol–water partition coefficient (Wildman–Crippen LogP) is 4.88. The first-order valence-electron chi connectivity index (χ1n) is 7.58. The van der Waals surface area contributed by atoms with Gasteiger partial charge in [-0.25, -0.2) is 4.68 Å². The first kappa shape index (κ1) is 13.6. The normalized spacial score (nSPS) is 10.7. The summed E-state index contributed by atoms with van der Waals surface area (Å²) in [6.45, 7) is 2.21. The summed E-state index contributed by atoms with van der Waals surface area (Å²) in [6, 6.07) is 23.0. The van der Waals surface area contributed by atoms with Crippen LogP contribution in [0.3, 0.4) is 0 Å². The summed E-state index contributed by atoms with van der Waals surface area (Å²) < 4.78 is 2.06. The molecule has 21 heavy (non-hydrogen) atoms. The Hall–Kier alpha value is -2.35. The molecule has 2 aromatic carbocycles. The molecule has 0 saturated heterocycles. The second-order valence-electron chi connectivity index (χ2n) is 5.24. The molecule has 3 aromatic rings. The first-order valence-corrected chi connectivity index (χ1v) is 7.58. The zero-order valence-corrected chi connectivity index (χ0v) is 12.4. The van der Waals surface area contributed by atoms with Crippen LogP contribution >= 0.6 is 0 Å². The molecule has 0 amide bonds. The van der Waals surface area contributed by atoms with Gasteiger partial charge in [-0.2, -0.15) is 5.10 Å². The highest BCUT2D eigenvalue weighted by Crippen LogP contribution is 2.24. The molecule has 2 heteroatoms. The minimum absolute atomic E-state index is 1.04. The minimum Gasteiger partial charge on any atom is -0.233 e. The third-order valence-corrected chi connectivity index (χ3v) is 3.62. The van der Waals surface area contributed by atoms with Crippen LogP contribution < -0.4 is 0 Å².